The van der Waals surface area contributed by atoms with E-state index in [9.17, 15) is 4.39 Å². The summed E-state index contributed by atoms with van der Waals surface area (Å²) in [4.78, 5) is 11.2. The van der Waals surface area contributed by atoms with Gasteiger partial charge in [0.25, 0.3) is 0 Å². The third-order valence-electron chi connectivity index (χ3n) is 3.49. The normalized spacial score (nSPS) is 18.6. The Balaban J connectivity index is 1.96. The molecule has 0 saturated carbocycles. The van der Waals surface area contributed by atoms with Crippen molar-refractivity contribution in [2.45, 2.75) is 19.4 Å². The molecule has 104 valence electrons. The zero-order valence-corrected chi connectivity index (χ0v) is 11.4. The van der Waals surface area contributed by atoms with E-state index in [-0.39, 0.29) is 11.9 Å². The second-order valence-corrected chi connectivity index (χ2v) is 5.20. The Labute approximate surface area is 117 Å². The first-order valence-electron chi connectivity index (χ1n) is 6.74. The molecular weight excluding hydrogens is 255 g/mol. The minimum atomic E-state index is -0.245. The van der Waals surface area contributed by atoms with Crippen LogP contribution in [0.15, 0.2) is 30.3 Å². The fraction of sp³-hybridized carbons (Fsp3) is 0.333. The lowest BCUT2D eigenvalue weighted by Gasteiger charge is -2.17. The first-order chi connectivity index (χ1) is 9.61. The first kappa shape index (κ1) is 13.0. The Morgan fingerprint density at radius 1 is 1.25 bits per heavy atom. The fourth-order valence-electron chi connectivity index (χ4n) is 2.43. The summed E-state index contributed by atoms with van der Waals surface area (Å²) >= 11 is 0. The fourth-order valence-corrected chi connectivity index (χ4v) is 2.43. The van der Waals surface area contributed by atoms with E-state index >= 15 is 0 Å². The van der Waals surface area contributed by atoms with Crippen LogP contribution in [0.3, 0.4) is 0 Å². The van der Waals surface area contributed by atoms with Crippen molar-refractivity contribution >= 4 is 5.95 Å². The number of benzene rings is 1. The predicted octanol–water partition coefficient (Wildman–Crippen LogP) is 2.13. The van der Waals surface area contributed by atoms with Crippen LogP contribution in [0.2, 0.25) is 0 Å². The van der Waals surface area contributed by atoms with E-state index < -0.39 is 0 Å². The molecule has 0 amide bonds. The zero-order valence-electron chi connectivity index (χ0n) is 11.4. The van der Waals surface area contributed by atoms with Crippen molar-refractivity contribution in [1.82, 2.24) is 9.97 Å². The number of nitrogens with two attached hydrogens (primary N) is 1. The van der Waals surface area contributed by atoms with Crippen molar-refractivity contribution in [3.05, 3.63) is 41.8 Å². The molecule has 20 heavy (non-hydrogen) atoms. The van der Waals surface area contributed by atoms with Crippen molar-refractivity contribution in [2.24, 2.45) is 5.73 Å². The van der Waals surface area contributed by atoms with Gasteiger partial charge >= 0.3 is 0 Å². The molecule has 0 bridgehead atoms. The topological polar surface area (TPSA) is 55.0 Å². The quantitative estimate of drug-likeness (QED) is 0.910. The molecule has 1 unspecified atom stereocenters. The molecule has 4 nitrogen and oxygen atoms in total. The maximum Gasteiger partial charge on any atom is 0.226 e. The summed E-state index contributed by atoms with van der Waals surface area (Å²) in [5.74, 6) is 0.461. The summed E-state index contributed by atoms with van der Waals surface area (Å²) in [5.41, 5.74) is 8.53. The molecule has 2 N–H and O–H groups in total. The summed E-state index contributed by atoms with van der Waals surface area (Å²) in [6.45, 7) is 3.61. The minimum Gasteiger partial charge on any atom is -0.339 e. The number of halogens is 1. The molecule has 2 heterocycles. The molecule has 1 fully saturated rings. The van der Waals surface area contributed by atoms with Crippen LogP contribution in [0.1, 0.15) is 12.1 Å². The highest BCUT2D eigenvalue weighted by Gasteiger charge is 2.22. The Kier molecular flexibility index (Phi) is 3.36. The average molecular weight is 272 g/mol. The maximum absolute atomic E-state index is 13.0. The lowest BCUT2D eigenvalue weighted by molar-refractivity contribution is 0.628. The van der Waals surface area contributed by atoms with Crippen LogP contribution >= 0.6 is 0 Å². The highest BCUT2D eigenvalue weighted by molar-refractivity contribution is 5.61. The second kappa shape index (κ2) is 5.17. The number of rotatable bonds is 2. The first-order valence-corrected chi connectivity index (χ1v) is 6.74. The van der Waals surface area contributed by atoms with E-state index in [1.807, 2.05) is 13.0 Å². The average Bonchev–Trinajstić information content (AvgIpc) is 2.85. The van der Waals surface area contributed by atoms with Gasteiger partial charge in [-0.25, -0.2) is 14.4 Å². The molecule has 1 aromatic heterocycles. The van der Waals surface area contributed by atoms with Gasteiger partial charge in [-0.2, -0.15) is 0 Å². The third kappa shape index (κ3) is 2.63. The summed E-state index contributed by atoms with van der Waals surface area (Å²) < 4.78 is 13.0. The Bertz CT molecular complexity index is 612. The van der Waals surface area contributed by atoms with Crippen molar-refractivity contribution in [1.29, 1.82) is 0 Å². The van der Waals surface area contributed by atoms with Crippen molar-refractivity contribution in [3.8, 4) is 11.3 Å². The van der Waals surface area contributed by atoms with E-state index in [0.29, 0.717) is 5.95 Å². The van der Waals surface area contributed by atoms with Gasteiger partial charge in [0.2, 0.25) is 5.95 Å². The molecule has 2 aromatic rings. The molecular formula is C15H17FN4. The van der Waals surface area contributed by atoms with Crippen LogP contribution in [0.5, 0.6) is 0 Å². The van der Waals surface area contributed by atoms with Gasteiger partial charge in [0, 0.05) is 30.4 Å². The molecule has 1 aliphatic rings. The Hall–Kier alpha value is -2.01. The molecule has 1 aliphatic heterocycles. The molecule has 3 rings (SSSR count). The standard InChI is InChI=1S/C15H17FN4/c1-10-8-14(11-2-4-12(16)5-3-11)19-15(18-10)20-7-6-13(17)9-20/h2-5,8,13H,6-7,9,17H2,1H3. The predicted molar refractivity (Wildman–Crippen MR) is 77.0 cm³/mol. The highest BCUT2D eigenvalue weighted by atomic mass is 19.1. The molecule has 5 heteroatoms. The van der Waals surface area contributed by atoms with Crippen LogP contribution in [0.4, 0.5) is 10.3 Å². The number of aromatic nitrogens is 2. The van der Waals surface area contributed by atoms with Gasteiger partial charge in [-0.15, -0.1) is 0 Å². The number of nitrogens with zero attached hydrogens (tertiary/aromatic N) is 3. The largest absolute Gasteiger partial charge is 0.339 e. The Morgan fingerprint density at radius 2 is 2.00 bits per heavy atom. The van der Waals surface area contributed by atoms with Crippen molar-refractivity contribution < 1.29 is 4.39 Å². The van der Waals surface area contributed by atoms with E-state index in [2.05, 4.69) is 14.9 Å². The van der Waals surface area contributed by atoms with Gasteiger partial charge in [0.05, 0.1) is 5.69 Å². The van der Waals surface area contributed by atoms with Crippen LogP contribution in [-0.2, 0) is 0 Å². The van der Waals surface area contributed by atoms with Gasteiger partial charge in [0.1, 0.15) is 5.82 Å². The molecule has 0 spiro atoms. The molecule has 0 aliphatic carbocycles. The molecule has 0 radical (unpaired) electrons. The lowest BCUT2D eigenvalue weighted by atomic mass is 10.1. The van der Waals surface area contributed by atoms with Gasteiger partial charge < -0.3 is 10.6 Å². The van der Waals surface area contributed by atoms with Gasteiger partial charge in [-0.1, -0.05) is 0 Å². The van der Waals surface area contributed by atoms with Crippen molar-refractivity contribution in [2.75, 3.05) is 18.0 Å². The molecule has 1 saturated heterocycles. The monoisotopic (exact) mass is 272 g/mol. The van der Waals surface area contributed by atoms with Crippen LogP contribution in [0, 0.1) is 12.7 Å². The van der Waals surface area contributed by atoms with Gasteiger partial charge in [-0.05, 0) is 43.7 Å². The number of hydrogen-bond acceptors (Lipinski definition) is 4. The summed E-state index contributed by atoms with van der Waals surface area (Å²) in [6.07, 6.45) is 0.961. The molecule has 1 aromatic carbocycles. The van der Waals surface area contributed by atoms with Gasteiger partial charge in [0.15, 0.2) is 0 Å². The van der Waals surface area contributed by atoms with Crippen molar-refractivity contribution in [3.63, 3.8) is 0 Å². The number of hydrogen-bond donors (Lipinski definition) is 1. The minimum absolute atomic E-state index is 0.188. The van der Waals surface area contributed by atoms with E-state index in [1.165, 1.54) is 12.1 Å². The maximum atomic E-state index is 13.0. The number of aryl methyl sites for hydroxylation is 1. The lowest BCUT2D eigenvalue weighted by Crippen LogP contribution is -2.27. The zero-order chi connectivity index (χ0) is 14.1. The number of anilines is 1. The SMILES string of the molecule is Cc1cc(-c2ccc(F)cc2)nc(N2CCC(N)C2)n1. The van der Waals surface area contributed by atoms with E-state index in [4.69, 9.17) is 5.73 Å². The Morgan fingerprint density at radius 3 is 2.65 bits per heavy atom. The third-order valence-corrected chi connectivity index (χ3v) is 3.49. The van der Waals surface area contributed by atoms with Gasteiger partial charge in [-0.3, -0.25) is 0 Å². The van der Waals surface area contributed by atoms with Crippen LogP contribution < -0.4 is 10.6 Å². The van der Waals surface area contributed by atoms with E-state index in [0.717, 1.165) is 36.5 Å². The smallest absolute Gasteiger partial charge is 0.226 e. The second-order valence-electron chi connectivity index (χ2n) is 5.20. The summed E-state index contributed by atoms with van der Waals surface area (Å²) in [5, 5.41) is 0. The van der Waals surface area contributed by atoms with E-state index in [1.54, 1.807) is 12.1 Å². The molecule has 1 atom stereocenters. The van der Waals surface area contributed by atoms with Crippen LogP contribution in [-0.4, -0.2) is 29.1 Å². The summed E-state index contributed by atoms with van der Waals surface area (Å²) in [7, 11) is 0. The highest BCUT2D eigenvalue weighted by Crippen LogP contribution is 2.22. The van der Waals surface area contributed by atoms with Crippen LogP contribution in [0.25, 0.3) is 11.3 Å². The summed E-state index contributed by atoms with van der Waals surface area (Å²) in [6, 6.07) is 8.45.